The zero-order valence-corrected chi connectivity index (χ0v) is 51.2. The number of aliphatic hydroxyl groups is 1. The number of phosphoric acid groups is 3. The molecule has 1 saturated heterocycles. The highest BCUT2D eigenvalue weighted by atomic mass is 33.1. The molecule has 8 unspecified atom stereocenters. The van der Waals surface area contributed by atoms with Gasteiger partial charge in [0, 0.05) is 60.9 Å². The van der Waals surface area contributed by atoms with Crippen molar-refractivity contribution in [2.24, 2.45) is 0 Å². The Balaban J connectivity index is 1.53. The predicted octanol–water partition coefficient (Wildman–Crippen LogP) is -1.78. The molecule has 3 rings (SSSR count). The van der Waals surface area contributed by atoms with E-state index in [9.17, 15) is 102 Å². The highest BCUT2D eigenvalue weighted by Crippen LogP contribution is 2.66. The Kier molecular flexibility index (Phi) is 31.1. The minimum absolute atomic E-state index is 0.00435. The first-order chi connectivity index (χ1) is 40.9. The second-order valence-corrected chi connectivity index (χ2v) is 27.3. The first kappa shape index (κ1) is 76.2. The highest BCUT2D eigenvalue weighted by Gasteiger charge is 2.43. The van der Waals surface area contributed by atoms with Crippen LogP contribution in [0.3, 0.4) is 0 Å². The molecular weight excluding hydrogens is 1280 g/mol. The maximum absolute atomic E-state index is 13.6. The Morgan fingerprint density at radius 2 is 1.41 bits per heavy atom. The number of ketones is 1. The summed E-state index contributed by atoms with van der Waals surface area (Å²) in [4.78, 5) is 175. The molecular formula is C47H67BN7O28P3S2. The standard InChI is InChI=1S/C47H67BN7O28P3S2/c1-47(2,88-87-21-17-36(58)49-20-7-8-28-25-55(46(70)54-42(28)65)39-24-34(57)35(81-39)26-80-85(76,77)83-86(78,79)82-84(73,74)75)18-16-30(51-38(60)11-6-9-33(56)27-12-14-29(15-13-27)48(71)72)43(66)50-19-5-3-4-10-37(59)52-31(22-40(61)62)44(67)53-32(45(68)69)23-41(63)64/h12-15,25,30-32,34-35,39,57,71-72H,3-6,9-11,16-24,26H2,1-2H3,(H,49,58)(H,50,66)(H,51,60)(H,52,59)(H,53,67)(H,61,62)(H,63,64)(H,68,69)(H,76,77)(H,78,79)(H,54,65,70)(H2,73,74,75). The van der Waals surface area contributed by atoms with Crippen molar-refractivity contribution in [2.45, 2.75) is 139 Å². The molecule has 2 aromatic rings. The molecule has 8 atom stereocenters. The number of hydrogen-bond donors (Lipinski definition) is 16. The van der Waals surface area contributed by atoms with E-state index in [0.29, 0.717) is 25.0 Å². The van der Waals surface area contributed by atoms with Gasteiger partial charge in [-0.05, 0) is 51.4 Å². The number of carbonyl (C=O) groups is 9. The van der Waals surface area contributed by atoms with Crippen molar-refractivity contribution < 1.29 is 125 Å². The van der Waals surface area contributed by atoms with E-state index in [1.54, 1.807) is 0 Å². The van der Waals surface area contributed by atoms with Crippen LogP contribution in [0.15, 0.2) is 40.1 Å². The van der Waals surface area contributed by atoms with E-state index in [1.165, 1.54) is 45.9 Å². The zero-order chi connectivity index (χ0) is 66.2. The van der Waals surface area contributed by atoms with E-state index in [-0.39, 0.29) is 86.8 Å². The van der Waals surface area contributed by atoms with Crippen LogP contribution < -0.4 is 43.3 Å². The van der Waals surface area contributed by atoms with Gasteiger partial charge in [-0.2, -0.15) is 8.62 Å². The minimum Gasteiger partial charge on any atom is -0.481 e. The molecule has 16 N–H and O–H groups in total. The Morgan fingerprint density at radius 3 is 2.02 bits per heavy atom. The number of aromatic nitrogens is 2. The molecule has 35 nitrogen and oxygen atoms in total. The fraction of sp³-hybridized carbons (Fsp3) is 0.553. The van der Waals surface area contributed by atoms with Crippen molar-refractivity contribution in [3.8, 4) is 11.8 Å². The monoisotopic (exact) mass is 1350 g/mol. The smallest absolute Gasteiger partial charge is 0.481 e. The van der Waals surface area contributed by atoms with Crippen LogP contribution in [0.25, 0.3) is 0 Å². The summed E-state index contributed by atoms with van der Waals surface area (Å²) in [6.07, 6.45) is -4.62. The van der Waals surface area contributed by atoms with Crippen molar-refractivity contribution in [1.29, 1.82) is 0 Å². The molecule has 1 aromatic heterocycles. The van der Waals surface area contributed by atoms with Gasteiger partial charge in [-0.15, -0.1) is 0 Å². The largest absolute Gasteiger partial charge is 0.490 e. The van der Waals surface area contributed by atoms with Gasteiger partial charge >= 0.3 is 54.2 Å². The van der Waals surface area contributed by atoms with E-state index in [4.69, 9.17) is 19.6 Å². The van der Waals surface area contributed by atoms with Gasteiger partial charge in [0.25, 0.3) is 5.56 Å². The Labute approximate surface area is 508 Å². The van der Waals surface area contributed by atoms with Crippen LogP contribution in [0.5, 0.6) is 0 Å². The van der Waals surface area contributed by atoms with Crippen molar-refractivity contribution in [2.75, 3.05) is 25.4 Å². The molecule has 5 amide bonds. The van der Waals surface area contributed by atoms with E-state index in [2.05, 4.69) is 46.3 Å². The van der Waals surface area contributed by atoms with Crippen LogP contribution in [0.4, 0.5) is 0 Å². The summed E-state index contributed by atoms with van der Waals surface area (Å²) < 4.78 is 52.1. The minimum atomic E-state index is -5.84. The number of amides is 5. The first-order valence-corrected chi connectivity index (χ1v) is 33.2. The van der Waals surface area contributed by atoms with Gasteiger partial charge in [0.05, 0.1) is 32.1 Å². The average Bonchev–Trinajstić information content (AvgIpc) is 3.99. The molecule has 41 heteroatoms. The van der Waals surface area contributed by atoms with Gasteiger partial charge in [0.1, 0.15) is 36.0 Å². The van der Waals surface area contributed by atoms with Crippen LogP contribution in [0.2, 0.25) is 0 Å². The van der Waals surface area contributed by atoms with Crippen LogP contribution in [0.1, 0.15) is 119 Å². The SMILES string of the molecule is CC(C)(CCC(NC(=O)CCCC(=O)c1ccc(B(O)O)cc1)C(=O)NCCCCCC(=O)NC(CC(=O)O)C(=O)NC(CC(=O)O)C(=O)O)SSCCC(=O)NCC#Cc1cn(C2CC(O)C(COP(=O)(O)OP(=O)(O)OP(=O)(O)O)O2)c(=O)[nH]c1=O. The van der Waals surface area contributed by atoms with Gasteiger partial charge in [-0.3, -0.25) is 57.2 Å². The quantitative estimate of drug-likeness (QED) is 0.00879. The normalized spacial score (nSPS) is 17.3. The summed E-state index contributed by atoms with van der Waals surface area (Å²) in [6, 6.07) is 0.914. The summed E-state index contributed by atoms with van der Waals surface area (Å²) in [7, 11) is -16.1. The summed E-state index contributed by atoms with van der Waals surface area (Å²) in [6.45, 7) is 2.54. The molecule has 0 radical (unpaired) electrons. The second-order valence-electron chi connectivity index (χ2n) is 19.8. The van der Waals surface area contributed by atoms with Crippen LogP contribution in [0, 0.1) is 11.8 Å². The Bertz CT molecular complexity index is 3160. The Morgan fingerprint density at radius 1 is 0.784 bits per heavy atom. The molecule has 0 spiro atoms. The lowest BCUT2D eigenvalue weighted by Gasteiger charge is -2.26. The highest BCUT2D eigenvalue weighted by molar-refractivity contribution is 8.77. The second kappa shape index (κ2) is 35.9. The van der Waals surface area contributed by atoms with Gasteiger partial charge in [0.2, 0.25) is 29.5 Å². The number of hydrogen-bond acceptors (Lipinski definition) is 23. The molecule has 2 heterocycles. The summed E-state index contributed by atoms with van der Waals surface area (Å²) >= 11 is 0. The number of H-pyrrole nitrogens is 1. The molecule has 488 valence electrons. The van der Waals surface area contributed by atoms with E-state index in [0.717, 1.165) is 10.8 Å². The number of carboxylic acids is 3. The maximum atomic E-state index is 13.6. The number of unbranched alkanes of at least 4 members (excludes halogenated alkanes) is 2. The Hall–Kier alpha value is -6.10. The lowest BCUT2D eigenvalue weighted by Crippen LogP contribution is -2.52. The number of benzene rings is 1. The van der Waals surface area contributed by atoms with Gasteiger partial charge < -0.3 is 81.4 Å². The fourth-order valence-corrected chi connectivity index (χ4v) is 13.3. The number of nitrogens with zero attached hydrogens (tertiary/aromatic N) is 1. The third kappa shape index (κ3) is 29.5. The maximum Gasteiger partial charge on any atom is 0.490 e. The fourth-order valence-electron chi connectivity index (χ4n) is 7.68. The van der Waals surface area contributed by atoms with E-state index >= 15 is 0 Å². The van der Waals surface area contributed by atoms with Crippen LogP contribution in [-0.2, 0) is 69.9 Å². The molecule has 0 saturated carbocycles. The number of rotatable bonds is 39. The van der Waals surface area contributed by atoms with E-state index < -0.39 is 150 Å². The van der Waals surface area contributed by atoms with Crippen LogP contribution >= 0.6 is 45.1 Å². The summed E-state index contributed by atoms with van der Waals surface area (Å²) in [5.41, 5.74) is -1.79. The third-order valence-electron chi connectivity index (χ3n) is 12.0. The zero-order valence-electron chi connectivity index (χ0n) is 46.9. The lowest BCUT2D eigenvalue weighted by atomic mass is 9.80. The molecule has 1 aromatic carbocycles. The molecule has 0 bridgehead atoms. The molecule has 1 aliphatic heterocycles. The molecule has 88 heavy (non-hydrogen) atoms. The number of nitrogens with one attached hydrogen (secondary N) is 6. The molecule has 1 aliphatic rings. The first-order valence-electron chi connectivity index (χ1n) is 26.3. The number of phosphoric ester groups is 1. The van der Waals surface area contributed by atoms with Crippen molar-refractivity contribution in [1.82, 2.24) is 36.1 Å². The van der Waals surface area contributed by atoms with Crippen molar-refractivity contribution in [3.63, 3.8) is 0 Å². The number of Topliss-reactive ketones (excluding diaryl/α,β-unsaturated/α-hetero) is 1. The number of aliphatic hydroxyl groups excluding tert-OH is 1. The number of carbonyl (C=O) groups excluding carboxylic acids is 6. The number of carboxylic acid groups (broad SMARTS) is 3. The number of ether oxygens (including phenoxy) is 1. The van der Waals surface area contributed by atoms with Gasteiger partial charge in [-0.1, -0.05) is 64.1 Å². The lowest BCUT2D eigenvalue weighted by molar-refractivity contribution is -0.148. The van der Waals surface area contributed by atoms with Crippen molar-refractivity contribution in [3.05, 3.63) is 62.4 Å². The molecule has 1 fully saturated rings. The topological polar surface area (TPSA) is 559 Å². The van der Waals surface area contributed by atoms with E-state index in [1.807, 2.05) is 24.1 Å². The van der Waals surface area contributed by atoms with Gasteiger partial charge in [0.15, 0.2) is 5.78 Å². The summed E-state index contributed by atoms with van der Waals surface area (Å²) in [5.74, 6) is -3.21. The molecule has 0 aliphatic carbocycles. The number of aliphatic carboxylic acids is 3. The average molecular weight is 1350 g/mol. The van der Waals surface area contributed by atoms with Crippen molar-refractivity contribution >= 4 is 111 Å². The third-order valence-corrected chi connectivity index (χ3v) is 19.2. The summed E-state index contributed by atoms with van der Waals surface area (Å²) in [5, 5.41) is 68.7. The predicted molar refractivity (Wildman–Crippen MR) is 307 cm³/mol. The van der Waals surface area contributed by atoms with Gasteiger partial charge in [-0.25, -0.2) is 23.3 Å². The number of aromatic amines is 1. The van der Waals surface area contributed by atoms with Crippen LogP contribution in [-0.4, -0.2) is 180 Å².